The number of phenols is 1. The van der Waals surface area contributed by atoms with Crippen molar-refractivity contribution in [2.45, 2.75) is 0 Å². The van der Waals surface area contributed by atoms with Gasteiger partial charge < -0.3 is 20.3 Å². The van der Waals surface area contributed by atoms with Crippen molar-refractivity contribution < 1.29 is 71.1 Å². The summed E-state index contributed by atoms with van der Waals surface area (Å²) in [5.41, 5.74) is 1.20. The van der Waals surface area contributed by atoms with Gasteiger partial charge in [0, 0.05) is 5.56 Å². The van der Waals surface area contributed by atoms with Crippen LogP contribution in [0, 0.1) is 0 Å². The Hall–Kier alpha value is -2.35. The zero-order chi connectivity index (χ0) is 19.5. The zero-order valence-electron chi connectivity index (χ0n) is 15.7. The van der Waals surface area contributed by atoms with Gasteiger partial charge in [-0.15, -0.1) is 11.4 Å². The van der Waals surface area contributed by atoms with Crippen molar-refractivity contribution in [1.82, 2.24) is 0 Å². The maximum absolute atomic E-state index is 11.3. The molecule has 2 N–H and O–H groups in total. The van der Waals surface area contributed by atoms with Crippen molar-refractivity contribution in [1.29, 1.82) is 0 Å². The molecule has 0 fully saturated rings. The Balaban J connectivity index is 0.00000240. The second-order valence-electron chi connectivity index (χ2n) is 6.22. The summed E-state index contributed by atoms with van der Waals surface area (Å²) < 4.78 is 5.89. The Morgan fingerprint density at radius 2 is 1.45 bits per heavy atom. The molecule has 4 aromatic carbocycles. The van der Waals surface area contributed by atoms with E-state index in [1.54, 1.807) is 54.6 Å². The first-order valence-corrected chi connectivity index (χ1v) is 8.63. The quantitative estimate of drug-likeness (QED) is 0.495. The molecule has 0 spiro atoms. The van der Waals surface area contributed by atoms with Crippen LogP contribution >= 0.6 is 0 Å². The van der Waals surface area contributed by atoms with Crippen molar-refractivity contribution in [2.24, 2.45) is 0 Å². The van der Waals surface area contributed by atoms with E-state index >= 15 is 0 Å². The first-order valence-electron chi connectivity index (χ1n) is 8.63. The number of carboxylic acids is 1. The molecule has 0 atom stereocenters. The van der Waals surface area contributed by atoms with Crippen molar-refractivity contribution in [2.75, 3.05) is 0 Å². The fourth-order valence-electron chi connectivity index (χ4n) is 2.89. The third-order valence-electron chi connectivity index (χ3n) is 4.25. The summed E-state index contributed by atoms with van der Waals surface area (Å²) >= 11 is 0. The fraction of sp³-hybridized carbons (Fsp3) is 0. The van der Waals surface area contributed by atoms with E-state index in [4.69, 9.17) is 4.74 Å². The van der Waals surface area contributed by atoms with Crippen LogP contribution in [0.5, 0.6) is 17.2 Å². The minimum Gasteiger partial charge on any atom is -0.657 e. The molecule has 0 amide bonds. The fourth-order valence-corrected chi connectivity index (χ4v) is 2.89. The van der Waals surface area contributed by atoms with E-state index in [-0.39, 0.29) is 62.7 Å². The summed E-state index contributed by atoms with van der Waals surface area (Å²) in [7, 11) is 0. The Morgan fingerprint density at radius 3 is 2.21 bits per heavy atom. The normalized spacial score (nSPS) is 10.2. The van der Waals surface area contributed by atoms with Crippen LogP contribution in [0.2, 0.25) is 0 Å². The second kappa shape index (κ2) is 9.43. The van der Waals surface area contributed by atoms with Gasteiger partial charge in [0.05, 0.1) is 0 Å². The monoisotopic (exact) mass is 409 g/mol. The van der Waals surface area contributed by atoms with Gasteiger partial charge in [0.25, 0.3) is 0 Å². The van der Waals surface area contributed by atoms with Gasteiger partial charge in [-0.25, -0.2) is 4.79 Å². The molecule has 0 aliphatic carbocycles. The van der Waals surface area contributed by atoms with E-state index in [1.807, 2.05) is 24.3 Å². The Kier molecular flexibility index (Phi) is 6.94. The summed E-state index contributed by atoms with van der Waals surface area (Å²) in [6.07, 6.45) is 0. The minimum atomic E-state index is -1.01. The number of ether oxygens (including phenoxy) is 1. The molecular formula is C23H16KNO4. The van der Waals surface area contributed by atoms with E-state index in [9.17, 15) is 15.0 Å². The first-order chi connectivity index (χ1) is 13.6. The van der Waals surface area contributed by atoms with E-state index in [1.165, 1.54) is 6.07 Å². The number of aromatic hydroxyl groups is 1. The molecule has 0 unspecified atom stereocenters. The average molecular weight is 409 g/mol. The summed E-state index contributed by atoms with van der Waals surface area (Å²) in [5, 5.41) is 25.1. The number of carboxylic acid groups (broad SMARTS) is 1. The van der Waals surface area contributed by atoms with Crippen molar-refractivity contribution in [3.63, 3.8) is 0 Å². The SMILES string of the molecule is O=C(O)c1ccccc1[N-]c1ccc(Oc2ccc3cc(O)ccc3c2)cc1.[K+]. The Labute approximate surface area is 210 Å². The maximum atomic E-state index is 11.3. The number of nitrogens with zero attached hydrogens (tertiary/aromatic N) is 1. The third-order valence-corrected chi connectivity index (χ3v) is 4.25. The number of para-hydroxylation sites is 1. The first kappa shape index (κ1) is 21.4. The van der Waals surface area contributed by atoms with Gasteiger partial charge in [-0.1, -0.05) is 42.5 Å². The largest absolute Gasteiger partial charge is 1.00 e. The third kappa shape index (κ3) is 5.17. The van der Waals surface area contributed by atoms with Crippen LogP contribution in [-0.2, 0) is 0 Å². The van der Waals surface area contributed by atoms with Gasteiger partial charge in [-0.05, 0) is 53.2 Å². The number of rotatable bonds is 5. The molecule has 4 aromatic rings. The number of carbonyl (C=O) groups is 1. The molecule has 4 rings (SSSR count). The molecule has 0 saturated carbocycles. The minimum absolute atomic E-state index is 0. The number of fused-ring (bicyclic) bond motifs is 1. The van der Waals surface area contributed by atoms with E-state index in [0.29, 0.717) is 22.9 Å². The summed E-state index contributed by atoms with van der Waals surface area (Å²) in [4.78, 5) is 11.3. The predicted octanol–water partition coefficient (Wildman–Crippen LogP) is 3.38. The number of hydrogen-bond acceptors (Lipinski definition) is 3. The summed E-state index contributed by atoms with van der Waals surface area (Å²) in [6, 6.07) is 24.5. The molecular weight excluding hydrogens is 393 g/mol. The number of phenolic OH excluding ortho intramolecular Hbond substituents is 1. The van der Waals surface area contributed by atoms with Crippen LogP contribution in [0.4, 0.5) is 11.4 Å². The molecule has 29 heavy (non-hydrogen) atoms. The van der Waals surface area contributed by atoms with Crippen LogP contribution in [0.3, 0.4) is 0 Å². The topological polar surface area (TPSA) is 80.9 Å². The van der Waals surface area contributed by atoms with Crippen LogP contribution < -0.4 is 56.1 Å². The number of benzene rings is 4. The van der Waals surface area contributed by atoms with E-state index in [2.05, 4.69) is 5.32 Å². The molecule has 0 aromatic heterocycles. The molecule has 6 heteroatoms. The molecule has 5 nitrogen and oxygen atoms in total. The molecule has 0 radical (unpaired) electrons. The molecule has 0 aliphatic rings. The number of hydrogen-bond donors (Lipinski definition) is 2. The van der Waals surface area contributed by atoms with Crippen LogP contribution in [0.1, 0.15) is 10.4 Å². The average Bonchev–Trinajstić information content (AvgIpc) is 2.70. The van der Waals surface area contributed by atoms with Crippen LogP contribution in [0.15, 0.2) is 84.9 Å². The van der Waals surface area contributed by atoms with Gasteiger partial charge in [-0.2, -0.15) is 0 Å². The van der Waals surface area contributed by atoms with Crippen molar-refractivity contribution >= 4 is 28.1 Å². The van der Waals surface area contributed by atoms with E-state index in [0.717, 1.165) is 10.8 Å². The molecule has 0 saturated heterocycles. The molecule has 0 bridgehead atoms. The standard InChI is InChI=1S/C23H16NO4.K/c25-18-9-5-16-14-20(10-6-15(16)13-18)28-19-11-7-17(8-12-19)24-22-4-2-1-3-21(22)23(26)27;/h1-14,25H,(H,26,27);/q-1;+1. The molecule has 138 valence electrons. The van der Waals surface area contributed by atoms with Crippen molar-refractivity contribution in [3.8, 4) is 17.2 Å². The Bertz CT molecular complexity index is 1160. The number of aromatic carboxylic acids is 1. The van der Waals surface area contributed by atoms with Crippen LogP contribution in [0.25, 0.3) is 16.1 Å². The van der Waals surface area contributed by atoms with E-state index < -0.39 is 5.97 Å². The Morgan fingerprint density at radius 1 is 0.793 bits per heavy atom. The van der Waals surface area contributed by atoms with Gasteiger partial charge in [-0.3, -0.25) is 0 Å². The van der Waals surface area contributed by atoms with Gasteiger partial charge in [0.2, 0.25) is 0 Å². The second-order valence-corrected chi connectivity index (χ2v) is 6.22. The smallest absolute Gasteiger partial charge is 0.657 e. The molecule has 0 heterocycles. The van der Waals surface area contributed by atoms with Gasteiger partial charge >= 0.3 is 57.4 Å². The summed E-state index contributed by atoms with van der Waals surface area (Å²) in [6.45, 7) is 0. The van der Waals surface area contributed by atoms with Gasteiger partial charge in [0.1, 0.15) is 17.2 Å². The summed E-state index contributed by atoms with van der Waals surface area (Å²) in [5.74, 6) is 0.539. The van der Waals surface area contributed by atoms with Crippen LogP contribution in [-0.4, -0.2) is 16.2 Å². The predicted molar refractivity (Wildman–Crippen MR) is 108 cm³/mol. The van der Waals surface area contributed by atoms with Gasteiger partial charge in [0.15, 0.2) is 0 Å². The molecule has 0 aliphatic heterocycles. The van der Waals surface area contributed by atoms with Crippen molar-refractivity contribution in [3.05, 3.63) is 95.8 Å². The maximum Gasteiger partial charge on any atom is 1.00 e. The zero-order valence-corrected chi connectivity index (χ0v) is 18.9.